The quantitative estimate of drug-likeness (QED) is 0.266. The number of rotatable bonds is 5. The average Bonchev–Trinajstić information content (AvgIpc) is 2.65. The Morgan fingerprint density at radius 2 is 1.47 bits per heavy atom. The second-order valence-corrected chi connectivity index (χ2v) is 7.69. The molecule has 0 aliphatic heterocycles. The van der Waals surface area contributed by atoms with Crippen molar-refractivity contribution >= 4 is 28.8 Å². The number of aromatic carboxylic acids is 1. The summed E-state index contributed by atoms with van der Waals surface area (Å²) >= 11 is 0. The minimum atomic E-state index is -4.59. The maximum Gasteiger partial charge on any atom is 0.416 e. The number of halogens is 3. The zero-order valence-electron chi connectivity index (χ0n) is 17.6. The summed E-state index contributed by atoms with van der Waals surface area (Å²) in [6.07, 6.45) is -3.67. The van der Waals surface area contributed by atoms with Crippen molar-refractivity contribution < 1.29 is 33.0 Å². The Balaban J connectivity index is 0.000000920. The van der Waals surface area contributed by atoms with Gasteiger partial charge in [-0.15, -0.1) is 0 Å². The van der Waals surface area contributed by atoms with Crippen LogP contribution >= 0.6 is 0 Å². The number of carboxylic acid groups (broad SMARTS) is 1. The van der Waals surface area contributed by atoms with Crippen molar-refractivity contribution in [2.75, 3.05) is 5.73 Å². The normalized spacial score (nSPS) is 11.9. The van der Waals surface area contributed by atoms with Gasteiger partial charge in [0.15, 0.2) is 0 Å². The largest absolute Gasteiger partial charge is 0.478 e. The molecule has 32 heavy (non-hydrogen) atoms. The maximum absolute atomic E-state index is 12.7. The minimum Gasteiger partial charge on any atom is -0.478 e. The van der Waals surface area contributed by atoms with Gasteiger partial charge in [0.05, 0.1) is 16.7 Å². The molecule has 7 N–H and O–H groups in total. The smallest absolute Gasteiger partial charge is 0.416 e. The lowest BCUT2D eigenvalue weighted by atomic mass is 10.0. The molecule has 0 radical (unpaired) electrons. The molecule has 0 bridgehead atoms. The maximum atomic E-state index is 12.7. The fourth-order valence-corrected chi connectivity index (χ4v) is 2.20. The summed E-state index contributed by atoms with van der Waals surface area (Å²) in [4.78, 5) is 23.0. The summed E-state index contributed by atoms with van der Waals surface area (Å²) in [5.41, 5.74) is 9.04. The Morgan fingerprint density at radius 1 is 1.00 bits per heavy atom. The number of hydrogen-bond donors (Lipinski definition) is 5. The van der Waals surface area contributed by atoms with E-state index in [4.69, 9.17) is 27.1 Å². The topological polar surface area (TPSA) is 150 Å². The molecule has 0 aliphatic carbocycles. The van der Waals surface area contributed by atoms with E-state index >= 15 is 0 Å². The van der Waals surface area contributed by atoms with Gasteiger partial charge in [0.1, 0.15) is 5.71 Å². The summed E-state index contributed by atoms with van der Waals surface area (Å²) in [5.74, 6) is -1.99. The molecule has 10 heteroatoms. The molecule has 2 aromatic rings. The minimum absolute atomic E-state index is 0.0307. The summed E-state index contributed by atoms with van der Waals surface area (Å²) in [6, 6.07) is 7.69. The van der Waals surface area contributed by atoms with Gasteiger partial charge in [-0.3, -0.25) is 10.2 Å². The van der Waals surface area contributed by atoms with E-state index in [1.165, 1.54) is 24.3 Å². The first-order chi connectivity index (χ1) is 14.5. The number of hydrogen-bond acceptors (Lipinski definition) is 6. The molecule has 7 nitrogen and oxygen atoms in total. The molecular weight excluding hydrogens is 427 g/mol. The number of carboxylic acids is 1. The number of allylic oxidation sites excluding steroid dienone is 1. The second kappa shape index (κ2) is 10.1. The number of ketones is 1. The van der Waals surface area contributed by atoms with Crippen LogP contribution in [0, 0.1) is 5.41 Å². The lowest BCUT2D eigenvalue weighted by molar-refractivity contribution is -0.137. The molecule has 0 aliphatic rings. The van der Waals surface area contributed by atoms with Crippen molar-refractivity contribution in [3.05, 3.63) is 70.8 Å². The highest BCUT2D eigenvalue weighted by Gasteiger charge is 2.31. The molecule has 172 valence electrons. The monoisotopic (exact) mass is 451 g/mol. The molecule has 0 heterocycles. The van der Waals surface area contributed by atoms with Gasteiger partial charge in [0, 0.05) is 23.0 Å². The SMILES string of the molecule is CC(C)(C)O.N=C(C(=O)/C=C(\N)c1ccc(C(=O)O)cc1)c1ccc(C(F)(F)F)cc1N. The Hall–Kier alpha value is -3.66. The van der Waals surface area contributed by atoms with Gasteiger partial charge in [-0.2, -0.15) is 13.2 Å². The predicted molar refractivity (Wildman–Crippen MR) is 115 cm³/mol. The van der Waals surface area contributed by atoms with Crippen molar-refractivity contribution in [2.24, 2.45) is 5.73 Å². The summed E-state index contributed by atoms with van der Waals surface area (Å²) in [5, 5.41) is 25.2. The molecule has 2 aromatic carbocycles. The number of alkyl halides is 3. The summed E-state index contributed by atoms with van der Waals surface area (Å²) < 4.78 is 38.0. The number of carbonyl (C=O) groups is 2. The van der Waals surface area contributed by atoms with Crippen LogP contribution in [0.3, 0.4) is 0 Å². The third-order valence-corrected chi connectivity index (χ3v) is 3.65. The highest BCUT2D eigenvalue weighted by molar-refractivity contribution is 6.50. The van der Waals surface area contributed by atoms with Crippen molar-refractivity contribution in [1.82, 2.24) is 0 Å². The third-order valence-electron chi connectivity index (χ3n) is 3.65. The standard InChI is InChI=1S/C18H14F3N3O3.C4H10O/c19-18(20,21)11-5-6-12(14(23)7-11)16(24)15(25)8-13(22)9-1-3-10(4-2-9)17(26)27;1-4(2,3)5/h1-8,24H,22-23H2,(H,26,27);5H,1-3H3/b13-8-,24-16?;. The summed E-state index contributed by atoms with van der Waals surface area (Å²) in [7, 11) is 0. The zero-order valence-corrected chi connectivity index (χ0v) is 17.6. The molecule has 0 fully saturated rings. The lowest BCUT2D eigenvalue weighted by Gasteiger charge is -2.10. The first-order valence-corrected chi connectivity index (χ1v) is 9.14. The number of aliphatic hydroxyl groups is 1. The Kier molecular flexibility index (Phi) is 8.32. The Labute approximate surface area is 182 Å². The van der Waals surface area contributed by atoms with Gasteiger partial charge < -0.3 is 21.7 Å². The van der Waals surface area contributed by atoms with Crippen LogP contribution in [0.2, 0.25) is 0 Å². The number of nitrogen functional groups attached to an aromatic ring is 1. The first kappa shape index (κ1) is 26.4. The van der Waals surface area contributed by atoms with Crippen molar-refractivity contribution in [1.29, 1.82) is 5.41 Å². The van der Waals surface area contributed by atoms with Crippen molar-refractivity contribution in [3.8, 4) is 0 Å². The highest BCUT2D eigenvalue weighted by atomic mass is 19.4. The van der Waals surface area contributed by atoms with E-state index in [2.05, 4.69) is 0 Å². The Morgan fingerprint density at radius 3 is 1.88 bits per heavy atom. The van der Waals surface area contributed by atoms with E-state index in [0.29, 0.717) is 11.6 Å². The van der Waals surface area contributed by atoms with E-state index in [1.54, 1.807) is 20.8 Å². The van der Waals surface area contributed by atoms with Gasteiger partial charge >= 0.3 is 12.1 Å². The van der Waals surface area contributed by atoms with Crippen LogP contribution in [0.4, 0.5) is 18.9 Å². The molecule has 0 saturated heterocycles. The van der Waals surface area contributed by atoms with Crippen LogP contribution in [-0.4, -0.2) is 33.3 Å². The molecule has 0 spiro atoms. The number of carbonyl (C=O) groups excluding carboxylic acids is 1. The van der Waals surface area contributed by atoms with Crippen molar-refractivity contribution in [3.63, 3.8) is 0 Å². The van der Waals surface area contributed by atoms with Crippen LogP contribution in [0.1, 0.15) is 47.8 Å². The molecule has 2 rings (SSSR count). The molecular formula is C22H24F3N3O4. The van der Waals surface area contributed by atoms with E-state index in [9.17, 15) is 22.8 Å². The average molecular weight is 451 g/mol. The number of nitrogens with one attached hydrogen (secondary N) is 1. The van der Waals surface area contributed by atoms with Crippen molar-refractivity contribution in [2.45, 2.75) is 32.5 Å². The van der Waals surface area contributed by atoms with Crippen LogP contribution < -0.4 is 11.5 Å². The fraction of sp³-hybridized carbons (Fsp3) is 0.227. The molecule has 0 saturated carbocycles. The van der Waals surface area contributed by atoms with E-state index < -0.39 is 34.8 Å². The van der Waals surface area contributed by atoms with E-state index in [1.807, 2.05) is 0 Å². The molecule has 0 unspecified atom stereocenters. The number of benzene rings is 2. The van der Waals surface area contributed by atoms with Gasteiger partial charge in [0.25, 0.3) is 0 Å². The zero-order chi connectivity index (χ0) is 24.9. The van der Waals surface area contributed by atoms with Crippen LogP contribution in [0.25, 0.3) is 5.70 Å². The van der Waals surface area contributed by atoms with Gasteiger partial charge in [0.2, 0.25) is 5.78 Å². The second-order valence-electron chi connectivity index (χ2n) is 7.69. The van der Waals surface area contributed by atoms with Crippen LogP contribution in [0.5, 0.6) is 0 Å². The van der Waals surface area contributed by atoms with Crippen LogP contribution in [0.15, 0.2) is 48.5 Å². The molecule has 0 amide bonds. The highest BCUT2D eigenvalue weighted by Crippen LogP contribution is 2.31. The predicted octanol–water partition coefficient (Wildman–Crippen LogP) is 3.70. The van der Waals surface area contributed by atoms with E-state index in [-0.39, 0.29) is 22.5 Å². The Bertz CT molecular complexity index is 1030. The third kappa shape index (κ3) is 8.23. The molecule has 0 aromatic heterocycles. The van der Waals surface area contributed by atoms with Gasteiger partial charge in [-0.25, -0.2) is 4.79 Å². The fourth-order valence-electron chi connectivity index (χ4n) is 2.20. The van der Waals surface area contributed by atoms with Gasteiger partial charge in [-0.05, 0) is 50.6 Å². The van der Waals surface area contributed by atoms with Crippen LogP contribution in [-0.2, 0) is 11.0 Å². The first-order valence-electron chi connectivity index (χ1n) is 9.14. The summed E-state index contributed by atoms with van der Waals surface area (Å²) in [6.45, 7) is 5.23. The lowest BCUT2D eigenvalue weighted by Crippen LogP contribution is -2.16. The van der Waals surface area contributed by atoms with Gasteiger partial charge in [-0.1, -0.05) is 18.2 Å². The van der Waals surface area contributed by atoms with E-state index in [0.717, 1.165) is 18.2 Å². The number of nitrogens with two attached hydrogens (primary N) is 2. The number of anilines is 1. The molecule has 0 atom stereocenters.